The van der Waals surface area contributed by atoms with Crippen LogP contribution < -0.4 is 5.32 Å². The summed E-state index contributed by atoms with van der Waals surface area (Å²) in [5.41, 5.74) is 0.251. The molecule has 116 valence electrons. The van der Waals surface area contributed by atoms with Crippen molar-refractivity contribution >= 4 is 11.7 Å². The van der Waals surface area contributed by atoms with Gasteiger partial charge in [-0.1, -0.05) is 6.07 Å². The minimum Gasteiger partial charge on any atom is -0.352 e. The Hall–Kier alpha value is -2.29. The van der Waals surface area contributed by atoms with Crippen LogP contribution in [-0.4, -0.2) is 17.7 Å². The Morgan fingerprint density at radius 3 is 2.59 bits per heavy atom. The summed E-state index contributed by atoms with van der Waals surface area (Å²) in [6, 6.07) is 4.73. The fourth-order valence-corrected chi connectivity index (χ4v) is 2.49. The summed E-state index contributed by atoms with van der Waals surface area (Å²) in [4.78, 5) is 24.1. The Kier molecular flexibility index (Phi) is 4.55. The van der Waals surface area contributed by atoms with Crippen molar-refractivity contribution in [2.24, 2.45) is 11.8 Å². The first-order valence-corrected chi connectivity index (χ1v) is 7.03. The molecule has 1 N–H and O–H groups in total. The standard InChI is InChI=1S/C16H16F2N2O2/c1-8(2)20-16(22)13(7-19)15(21)12-6-11(12)10-4-3-9(17)5-14(10)18/h3-5,8,11-13H,6H2,1-2H3,(H,20,22)/t11-,12-,13-/m1/s1. The lowest BCUT2D eigenvalue weighted by Gasteiger charge is -2.12. The SMILES string of the molecule is CC(C)NC(=O)[C@H](C#N)C(=O)[C@@H]1C[C@@H]1c1ccc(F)cc1F. The topological polar surface area (TPSA) is 70.0 Å². The van der Waals surface area contributed by atoms with E-state index >= 15 is 0 Å². The predicted molar refractivity (Wildman–Crippen MR) is 74.6 cm³/mol. The quantitative estimate of drug-likeness (QED) is 0.849. The van der Waals surface area contributed by atoms with Crippen LogP contribution in [0.5, 0.6) is 0 Å². The van der Waals surface area contributed by atoms with Gasteiger partial charge in [-0.25, -0.2) is 8.78 Å². The summed E-state index contributed by atoms with van der Waals surface area (Å²) in [6.45, 7) is 3.45. The highest BCUT2D eigenvalue weighted by atomic mass is 19.1. The lowest BCUT2D eigenvalue weighted by atomic mass is 9.97. The third-order valence-electron chi connectivity index (χ3n) is 3.62. The van der Waals surface area contributed by atoms with E-state index in [1.807, 2.05) is 0 Å². The molecule has 1 aliphatic rings. The second-order valence-corrected chi connectivity index (χ2v) is 5.74. The van der Waals surface area contributed by atoms with Gasteiger partial charge in [-0.15, -0.1) is 0 Å². The van der Waals surface area contributed by atoms with Gasteiger partial charge in [0.15, 0.2) is 11.7 Å². The van der Waals surface area contributed by atoms with Gasteiger partial charge >= 0.3 is 0 Å². The predicted octanol–water partition coefficient (Wildman–Crippen LogP) is 2.30. The lowest BCUT2D eigenvalue weighted by Crippen LogP contribution is -2.39. The zero-order chi connectivity index (χ0) is 16.4. The summed E-state index contributed by atoms with van der Waals surface area (Å²) >= 11 is 0. The number of nitrogens with one attached hydrogen (secondary N) is 1. The van der Waals surface area contributed by atoms with Gasteiger partial charge < -0.3 is 5.32 Å². The molecule has 0 bridgehead atoms. The molecule has 2 rings (SSSR count). The van der Waals surface area contributed by atoms with Gasteiger partial charge in [0.25, 0.3) is 0 Å². The van der Waals surface area contributed by atoms with Crippen molar-refractivity contribution in [3.8, 4) is 6.07 Å². The zero-order valence-corrected chi connectivity index (χ0v) is 12.3. The van der Waals surface area contributed by atoms with Crippen LogP contribution in [0.2, 0.25) is 0 Å². The average molecular weight is 306 g/mol. The van der Waals surface area contributed by atoms with Crippen molar-refractivity contribution in [3.63, 3.8) is 0 Å². The van der Waals surface area contributed by atoms with Crippen molar-refractivity contribution in [1.29, 1.82) is 5.26 Å². The molecule has 6 heteroatoms. The first-order valence-electron chi connectivity index (χ1n) is 7.03. The molecule has 1 fully saturated rings. The molecule has 0 spiro atoms. The van der Waals surface area contributed by atoms with Crippen molar-refractivity contribution in [2.45, 2.75) is 32.2 Å². The number of hydrogen-bond acceptors (Lipinski definition) is 3. The third-order valence-corrected chi connectivity index (χ3v) is 3.62. The van der Waals surface area contributed by atoms with Crippen molar-refractivity contribution < 1.29 is 18.4 Å². The fraction of sp³-hybridized carbons (Fsp3) is 0.438. The number of amides is 1. The summed E-state index contributed by atoms with van der Waals surface area (Å²) < 4.78 is 26.6. The van der Waals surface area contributed by atoms with Gasteiger partial charge in [0, 0.05) is 18.0 Å². The van der Waals surface area contributed by atoms with E-state index < -0.39 is 41.1 Å². The minimum absolute atomic E-state index is 0.180. The van der Waals surface area contributed by atoms with Gasteiger partial charge in [0.1, 0.15) is 11.6 Å². The molecule has 1 aromatic carbocycles. The van der Waals surface area contributed by atoms with Crippen LogP contribution >= 0.6 is 0 Å². The van der Waals surface area contributed by atoms with Crippen LogP contribution in [0, 0.1) is 34.8 Å². The molecule has 1 aromatic rings. The zero-order valence-electron chi connectivity index (χ0n) is 12.3. The van der Waals surface area contributed by atoms with Gasteiger partial charge in [-0.05, 0) is 37.8 Å². The van der Waals surface area contributed by atoms with E-state index in [2.05, 4.69) is 5.32 Å². The number of rotatable bonds is 5. The van der Waals surface area contributed by atoms with Crippen LogP contribution in [0.15, 0.2) is 18.2 Å². The second kappa shape index (κ2) is 6.22. The average Bonchev–Trinajstić information content (AvgIpc) is 3.18. The normalized spacial score (nSPS) is 21.1. The number of hydrogen-bond donors (Lipinski definition) is 1. The number of ketones is 1. The molecular formula is C16H16F2N2O2. The van der Waals surface area contributed by atoms with E-state index in [9.17, 15) is 18.4 Å². The van der Waals surface area contributed by atoms with Gasteiger partial charge in [0.2, 0.25) is 5.91 Å². The Labute approximate surface area is 127 Å². The Bertz CT molecular complexity index is 652. The molecule has 4 nitrogen and oxygen atoms in total. The molecule has 3 atom stereocenters. The number of benzene rings is 1. The summed E-state index contributed by atoms with van der Waals surface area (Å²) in [5, 5.41) is 11.6. The van der Waals surface area contributed by atoms with E-state index in [0.717, 1.165) is 12.1 Å². The van der Waals surface area contributed by atoms with Crippen molar-refractivity contribution in [3.05, 3.63) is 35.4 Å². The maximum Gasteiger partial charge on any atom is 0.245 e. The molecule has 22 heavy (non-hydrogen) atoms. The molecular weight excluding hydrogens is 290 g/mol. The number of halogens is 2. The third kappa shape index (κ3) is 3.30. The molecule has 0 heterocycles. The smallest absolute Gasteiger partial charge is 0.245 e. The molecule has 0 unspecified atom stereocenters. The van der Waals surface area contributed by atoms with E-state index in [1.54, 1.807) is 19.9 Å². The Morgan fingerprint density at radius 2 is 2.05 bits per heavy atom. The molecule has 0 saturated heterocycles. The number of nitriles is 1. The maximum atomic E-state index is 13.7. The monoisotopic (exact) mass is 306 g/mol. The van der Waals surface area contributed by atoms with Gasteiger partial charge in [-0.3, -0.25) is 9.59 Å². The Balaban J connectivity index is 2.09. The second-order valence-electron chi connectivity index (χ2n) is 5.74. The summed E-state index contributed by atoms with van der Waals surface area (Å²) in [5.74, 6) is -4.88. The van der Waals surface area contributed by atoms with E-state index in [0.29, 0.717) is 6.42 Å². The molecule has 1 saturated carbocycles. The summed E-state index contributed by atoms with van der Waals surface area (Å²) in [7, 11) is 0. The highest BCUT2D eigenvalue weighted by Crippen LogP contribution is 2.49. The van der Waals surface area contributed by atoms with Crippen LogP contribution in [0.25, 0.3) is 0 Å². The molecule has 1 amide bonds. The van der Waals surface area contributed by atoms with Gasteiger partial charge in [0.05, 0.1) is 6.07 Å². The van der Waals surface area contributed by atoms with E-state index in [1.165, 1.54) is 6.07 Å². The molecule has 1 aliphatic carbocycles. The van der Waals surface area contributed by atoms with E-state index in [4.69, 9.17) is 5.26 Å². The van der Waals surface area contributed by atoms with Crippen molar-refractivity contribution in [1.82, 2.24) is 5.32 Å². The maximum absolute atomic E-state index is 13.7. The van der Waals surface area contributed by atoms with Crippen LogP contribution in [0.3, 0.4) is 0 Å². The summed E-state index contributed by atoms with van der Waals surface area (Å²) in [6.07, 6.45) is 0.370. The largest absolute Gasteiger partial charge is 0.352 e. The first-order chi connectivity index (χ1) is 10.3. The number of carbonyl (C=O) groups excluding carboxylic acids is 2. The number of nitrogens with zero attached hydrogens (tertiary/aromatic N) is 1. The van der Waals surface area contributed by atoms with E-state index in [-0.39, 0.29) is 11.6 Å². The highest BCUT2D eigenvalue weighted by molar-refractivity contribution is 6.06. The lowest BCUT2D eigenvalue weighted by molar-refractivity contribution is -0.132. The highest BCUT2D eigenvalue weighted by Gasteiger charge is 2.48. The molecule has 0 aromatic heterocycles. The van der Waals surface area contributed by atoms with Crippen molar-refractivity contribution in [2.75, 3.05) is 0 Å². The van der Waals surface area contributed by atoms with Crippen LogP contribution in [0.4, 0.5) is 8.78 Å². The molecule has 0 aliphatic heterocycles. The minimum atomic E-state index is -1.39. The van der Waals surface area contributed by atoms with Crippen LogP contribution in [0.1, 0.15) is 31.7 Å². The Morgan fingerprint density at radius 1 is 1.36 bits per heavy atom. The first kappa shape index (κ1) is 16.1. The number of Topliss-reactive ketones (excluding diaryl/α,β-unsaturated/α-hetero) is 1. The molecule has 0 radical (unpaired) electrons. The van der Waals surface area contributed by atoms with Crippen LogP contribution in [-0.2, 0) is 9.59 Å². The number of carbonyl (C=O) groups is 2. The fourth-order valence-electron chi connectivity index (χ4n) is 2.49. The van der Waals surface area contributed by atoms with Gasteiger partial charge in [-0.2, -0.15) is 5.26 Å².